The minimum absolute atomic E-state index is 0.0212. The van der Waals surface area contributed by atoms with Gasteiger partial charge in [-0.1, -0.05) is 23.7 Å². The van der Waals surface area contributed by atoms with Crippen LogP contribution in [0.25, 0.3) is 0 Å². The number of carbonyl (C=O) groups excluding carboxylic acids is 3. The average molecular weight is 415 g/mol. The van der Waals surface area contributed by atoms with E-state index in [1.54, 1.807) is 48.5 Å². The molecule has 2 N–H and O–H groups in total. The van der Waals surface area contributed by atoms with Crippen molar-refractivity contribution in [2.75, 3.05) is 18.5 Å². The Labute approximate surface area is 174 Å². The third-order valence-electron chi connectivity index (χ3n) is 4.71. The minimum atomic E-state index is -0.327. The molecule has 3 rings (SSSR count). The summed E-state index contributed by atoms with van der Waals surface area (Å²) in [4.78, 5) is 37.0. The van der Waals surface area contributed by atoms with Gasteiger partial charge in [0.05, 0.1) is 17.4 Å². The summed E-state index contributed by atoms with van der Waals surface area (Å²) in [6.45, 7) is 1.17. The molecule has 0 spiro atoms. The second kappa shape index (κ2) is 10.2. The van der Waals surface area contributed by atoms with Crippen LogP contribution in [0.2, 0.25) is 5.02 Å². The molecule has 0 radical (unpaired) electrons. The molecule has 2 amide bonds. The first kappa shape index (κ1) is 21.0. The summed E-state index contributed by atoms with van der Waals surface area (Å²) in [5.41, 5.74) is 1.31. The van der Waals surface area contributed by atoms with E-state index in [-0.39, 0.29) is 36.5 Å². The molecule has 0 aliphatic carbocycles. The molecule has 1 aliphatic rings. The predicted molar refractivity (Wildman–Crippen MR) is 111 cm³/mol. The Morgan fingerprint density at radius 3 is 2.52 bits per heavy atom. The molecule has 1 saturated heterocycles. The molecule has 1 atom stereocenters. The van der Waals surface area contributed by atoms with Crippen molar-refractivity contribution >= 4 is 34.9 Å². The van der Waals surface area contributed by atoms with Crippen LogP contribution in [0.15, 0.2) is 48.5 Å². The Hall–Kier alpha value is -2.70. The van der Waals surface area contributed by atoms with Crippen molar-refractivity contribution in [1.29, 1.82) is 0 Å². The van der Waals surface area contributed by atoms with Crippen molar-refractivity contribution in [2.45, 2.75) is 31.8 Å². The summed E-state index contributed by atoms with van der Waals surface area (Å²) >= 11 is 5.82. The van der Waals surface area contributed by atoms with E-state index in [1.165, 1.54) is 0 Å². The topological polar surface area (TPSA) is 84.5 Å². The molecular weight excluding hydrogens is 392 g/mol. The number of nitrogens with one attached hydrogen (secondary N) is 2. The lowest BCUT2D eigenvalue weighted by Gasteiger charge is -2.13. The molecule has 2 aromatic rings. The third kappa shape index (κ3) is 6.14. The van der Waals surface area contributed by atoms with E-state index in [4.69, 9.17) is 16.3 Å². The number of rotatable bonds is 8. The fourth-order valence-corrected chi connectivity index (χ4v) is 3.24. The summed E-state index contributed by atoms with van der Waals surface area (Å²) in [6.07, 6.45) is 2.07. The van der Waals surface area contributed by atoms with E-state index in [2.05, 4.69) is 10.6 Å². The van der Waals surface area contributed by atoms with Crippen molar-refractivity contribution in [3.63, 3.8) is 0 Å². The van der Waals surface area contributed by atoms with Crippen molar-refractivity contribution in [3.05, 3.63) is 64.7 Å². The SMILES string of the molecule is O=C(CCC(=O)c1ccc(Cl)cc1)Nc1ccccc1C(=O)NCC1CCCO1. The monoisotopic (exact) mass is 414 g/mol. The number of Topliss-reactive ketones (excluding diaryl/α,β-unsaturated/α-hetero) is 1. The number of anilines is 1. The number of para-hydroxylation sites is 1. The molecule has 6 nitrogen and oxygen atoms in total. The van der Waals surface area contributed by atoms with Crippen LogP contribution in [-0.4, -0.2) is 36.9 Å². The molecule has 1 aliphatic heterocycles. The number of ketones is 1. The van der Waals surface area contributed by atoms with Gasteiger partial charge in [-0.05, 0) is 49.2 Å². The van der Waals surface area contributed by atoms with Gasteiger partial charge in [0.2, 0.25) is 5.91 Å². The van der Waals surface area contributed by atoms with E-state index in [0.717, 1.165) is 19.4 Å². The summed E-state index contributed by atoms with van der Waals surface area (Å²) < 4.78 is 5.51. The van der Waals surface area contributed by atoms with E-state index in [1.807, 2.05) is 0 Å². The maximum Gasteiger partial charge on any atom is 0.253 e. The molecule has 0 aromatic heterocycles. The van der Waals surface area contributed by atoms with Crippen LogP contribution < -0.4 is 10.6 Å². The lowest BCUT2D eigenvalue weighted by molar-refractivity contribution is -0.116. The molecule has 1 heterocycles. The first-order valence-electron chi connectivity index (χ1n) is 9.60. The van der Waals surface area contributed by atoms with Gasteiger partial charge in [-0.2, -0.15) is 0 Å². The Morgan fingerprint density at radius 2 is 1.79 bits per heavy atom. The highest BCUT2D eigenvalue weighted by Gasteiger charge is 2.18. The van der Waals surface area contributed by atoms with Crippen LogP contribution in [0.5, 0.6) is 0 Å². The minimum Gasteiger partial charge on any atom is -0.376 e. The van der Waals surface area contributed by atoms with E-state index in [9.17, 15) is 14.4 Å². The Bertz CT molecular complexity index is 877. The lowest BCUT2D eigenvalue weighted by atomic mass is 10.1. The summed E-state index contributed by atoms with van der Waals surface area (Å²) in [7, 11) is 0. The van der Waals surface area contributed by atoms with E-state index in [0.29, 0.717) is 28.4 Å². The van der Waals surface area contributed by atoms with Gasteiger partial charge < -0.3 is 15.4 Å². The standard InChI is InChI=1S/C22H23ClN2O4/c23-16-9-7-15(8-10-16)20(26)11-12-21(27)25-19-6-2-1-5-18(19)22(28)24-14-17-4-3-13-29-17/h1-2,5-10,17H,3-4,11-14H2,(H,24,28)(H,25,27). The highest BCUT2D eigenvalue weighted by atomic mass is 35.5. The van der Waals surface area contributed by atoms with Crippen molar-refractivity contribution in [3.8, 4) is 0 Å². The average Bonchev–Trinajstić information content (AvgIpc) is 3.25. The predicted octanol–water partition coefficient (Wildman–Crippen LogP) is 3.85. The van der Waals surface area contributed by atoms with Gasteiger partial charge in [0, 0.05) is 36.6 Å². The zero-order chi connectivity index (χ0) is 20.6. The number of hydrogen-bond acceptors (Lipinski definition) is 4. The largest absolute Gasteiger partial charge is 0.376 e. The maximum absolute atomic E-state index is 12.5. The summed E-state index contributed by atoms with van der Waals surface area (Å²) in [5.74, 6) is -0.736. The van der Waals surface area contributed by atoms with Crippen molar-refractivity contribution in [1.82, 2.24) is 5.32 Å². The number of halogens is 1. The Balaban J connectivity index is 1.53. The maximum atomic E-state index is 12.5. The zero-order valence-electron chi connectivity index (χ0n) is 15.9. The number of carbonyl (C=O) groups is 3. The van der Waals surface area contributed by atoms with E-state index >= 15 is 0 Å². The molecule has 152 valence electrons. The molecule has 2 aromatic carbocycles. The van der Waals surface area contributed by atoms with Gasteiger partial charge in [-0.3, -0.25) is 14.4 Å². The molecule has 0 saturated carbocycles. The smallest absolute Gasteiger partial charge is 0.253 e. The number of amides is 2. The molecule has 29 heavy (non-hydrogen) atoms. The normalized spacial score (nSPS) is 15.7. The summed E-state index contributed by atoms with van der Waals surface area (Å²) in [5, 5.41) is 6.13. The van der Waals surface area contributed by atoms with Gasteiger partial charge in [0.25, 0.3) is 5.91 Å². The number of benzene rings is 2. The number of ether oxygens (including phenoxy) is 1. The Morgan fingerprint density at radius 1 is 1.03 bits per heavy atom. The fraction of sp³-hybridized carbons (Fsp3) is 0.318. The van der Waals surface area contributed by atoms with Gasteiger partial charge in [0.15, 0.2) is 5.78 Å². The first-order chi connectivity index (χ1) is 14.0. The lowest BCUT2D eigenvalue weighted by Crippen LogP contribution is -2.32. The molecular formula is C22H23ClN2O4. The van der Waals surface area contributed by atoms with Crippen LogP contribution in [0.1, 0.15) is 46.4 Å². The van der Waals surface area contributed by atoms with Crippen molar-refractivity contribution in [2.24, 2.45) is 0 Å². The van der Waals surface area contributed by atoms with Crippen LogP contribution in [-0.2, 0) is 9.53 Å². The highest BCUT2D eigenvalue weighted by molar-refractivity contribution is 6.30. The molecule has 7 heteroatoms. The van der Waals surface area contributed by atoms with Gasteiger partial charge in [-0.25, -0.2) is 0 Å². The first-order valence-corrected chi connectivity index (χ1v) is 9.98. The van der Waals surface area contributed by atoms with Crippen LogP contribution in [0, 0.1) is 0 Å². The number of hydrogen-bond donors (Lipinski definition) is 2. The Kier molecular flexibility index (Phi) is 7.38. The molecule has 0 bridgehead atoms. The zero-order valence-corrected chi connectivity index (χ0v) is 16.7. The van der Waals surface area contributed by atoms with Crippen molar-refractivity contribution < 1.29 is 19.1 Å². The van der Waals surface area contributed by atoms with Gasteiger partial charge in [0.1, 0.15) is 0 Å². The quantitative estimate of drug-likeness (QED) is 0.642. The van der Waals surface area contributed by atoms with Crippen LogP contribution in [0.4, 0.5) is 5.69 Å². The van der Waals surface area contributed by atoms with E-state index < -0.39 is 0 Å². The van der Waals surface area contributed by atoms with Crippen LogP contribution >= 0.6 is 11.6 Å². The van der Waals surface area contributed by atoms with Crippen LogP contribution in [0.3, 0.4) is 0 Å². The summed E-state index contributed by atoms with van der Waals surface area (Å²) in [6, 6.07) is 13.3. The second-order valence-electron chi connectivity index (χ2n) is 6.87. The second-order valence-corrected chi connectivity index (χ2v) is 7.31. The fourth-order valence-electron chi connectivity index (χ4n) is 3.12. The van der Waals surface area contributed by atoms with Gasteiger partial charge in [-0.15, -0.1) is 0 Å². The third-order valence-corrected chi connectivity index (χ3v) is 4.96. The highest BCUT2D eigenvalue weighted by Crippen LogP contribution is 2.17. The molecule has 1 unspecified atom stereocenters. The van der Waals surface area contributed by atoms with Gasteiger partial charge >= 0.3 is 0 Å². The molecule has 1 fully saturated rings.